The molecule has 3 N–H and O–H groups in total. The average molecular weight is 291 g/mol. The van der Waals surface area contributed by atoms with Gasteiger partial charge >= 0.3 is 0 Å². The summed E-state index contributed by atoms with van der Waals surface area (Å²) in [5.41, 5.74) is 2.42. The summed E-state index contributed by atoms with van der Waals surface area (Å²) in [6, 6.07) is 5.63. The Hall–Kier alpha value is -2.08. The van der Waals surface area contributed by atoms with Crippen LogP contribution in [-0.4, -0.2) is 10.1 Å². The Morgan fingerprint density at radius 2 is 2.10 bits per heavy atom. The van der Waals surface area contributed by atoms with Crippen LogP contribution in [0.5, 0.6) is 0 Å². The Kier molecular flexibility index (Phi) is 4.57. The highest BCUT2D eigenvalue weighted by Crippen LogP contribution is 2.03. The first kappa shape index (κ1) is 14.3. The third-order valence-corrected chi connectivity index (χ3v) is 3.21. The van der Waals surface area contributed by atoms with Gasteiger partial charge in [-0.3, -0.25) is 4.79 Å². The van der Waals surface area contributed by atoms with Crippen LogP contribution in [0, 0.1) is 13.8 Å². The van der Waals surface area contributed by atoms with Gasteiger partial charge in [0.1, 0.15) is 5.76 Å². The van der Waals surface area contributed by atoms with Gasteiger partial charge in [0.2, 0.25) is 0 Å². The molecule has 0 amide bonds. The maximum Gasteiger partial charge on any atom is 0.253 e. The fourth-order valence-corrected chi connectivity index (χ4v) is 2.06. The molecular formula is C14H17N3O2S. The fraction of sp³-hybridized carbons (Fsp3) is 0.286. The van der Waals surface area contributed by atoms with Crippen LogP contribution in [0.25, 0.3) is 0 Å². The van der Waals surface area contributed by atoms with Crippen molar-refractivity contribution in [2.24, 2.45) is 0 Å². The molecule has 0 atom stereocenters. The molecule has 5 nitrogen and oxygen atoms in total. The molecule has 6 heteroatoms. The van der Waals surface area contributed by atoms with Crippen molar-refractivity contribution in [3.05, 3.63) is 57.4 Å². The largest absolute Gasteiger partial charge is 0.467 e. The molecule has 2 rings (SSSR count). The summed E-state index contributed by atoms with van der Waals surface area (Å²) in [6.45, 7) is 4.69. The second-order valence-electron chi connectivity index (χ2n) is 4.56. The van der Waals surface area contributed by atoms with E-state index in [1.54, 1.807) is 6.26 Å². The second-order valence-corrected chi connectivity index (χ2v) is 4.97. The zero-order chi connectivity index (χ0) is 14.5. The number of aromatic nitrogens is 1. The van der Waals surface area contributed by atoms with E-state index in [4.69, 9.17) is 16.6 Å². The molecule has 0 aliphatic rings. The van der Waals surface area contributed by atoms with Crippen molar-refractivity contribution in [1.82, 2.24) is 15.6 Å². The second kappa shape index (κ2) is 6.38. The van der Waals surface area contributed by atoms with Crippen molar-refractivity contribution in [2.75, 3.05) is 0 Å². The molecular weight excluding hydrogens is 274 g/mol. The zero-order valence-corrected chi connectivity index (χ0v) is 12.3. The van der Waals surface area contributed by atoms with Gasteiger partial charge in [-0.25, -0.2) is 0 Å². The molecule has 106 valence electrons. The first-order chi connectivity index (χ1) is 9.56. The van der Waals surface area contributed by atoms with Crippen molar-refractivity contribution < 1.29 is 4.42 Å². The summed E-state index contributed by atoms with van der Waals surface area (Å²) in [5, 5.41) is 6.53. The number of pyridine rings is 1. The standard InChI is InChI=1S/C14H17N3O2S/c1-9-6-10(2)17-13(18)12(9)8-16-14(20)15-7-11-4-3-5-19-11/h3-6H,7-8H2,1-2H3,(H,17,18)(H2,15,16,20). The van der Waals surface area contributed by atoms with E-state index in [9.17, 15) is 4.79 Å². The number of aromatic amines is 1. The van der Waals surface area contributed by atoms with Crippen molar-refractivity contribution in [2.45, 2.75) is 26.9 Å². The highest BCUT2D eigenvalue weighted by atomic mass is 32.1. The van der Waals surface area contributed by atoms with Crippen LogP contribution >= 0.6 is 12.2 Å². The number of furan rings is 1. The number of rotatable bonds is 4. The minimum atomic E-state index is -0.0798. The Labute approximate surface area is 122 Å². The molecule has 0 bridgehead atoms. The molecule has 0 saturated carbocycles. The Morgan fingerprint density at radius 1 is 1.35 bits per heavy atom. The number of nitrogens with one attached hydrogen (secondary N) is 3. The minimum absolute atomic E-state index is 0.0798. The van der Waals surface area contributed by atoms with Gasteiger partial charge in [-0.15, -0.1) is 0 Å². The summed E-state index contributed by atoms with van der Waals surface area (Å²) >= 11 is 5.16. The molecule has 0 radical (unpaired) electrons. The van der Waals surface area contributed by atoms with Crippen LogP contribution in [0.4, 0.5) is 0 Å². The van der Waals surface area contributed by atoms with Gasteiger partial charge in [-0.05, 0) is 49.8 Å². The molecule has 0 saturated heterocycles. The molecule has 20 heavy (non-hydrogen) atoms. The van der Waals surface area contributed by atoms with Crippen LogP contribution in [0.15, 0.2) is 33.7 Å². The lowest BCUT2D eigenvalue weighted by atomic mass is 10.1. The van der Waals surface area contributed by atoms with E-state index in [1.807, 2.05) is 32.0 Å². The van der Waals surface area contributed by atoms with E-state index in [1.165, 1.54) is 0 Å². The van der Waals surface area contributed by atoms with E-state index in [0.29, 0.717) is 23.8 Å². The van der Waals surface area contributed by atoms with Gasteiger partial charge in [-0.1, -0.05) is 0 Å². The first-order valence-electron chi connectivity index (χ1n) is 6.29. The third kappa shape index (κ3) is 3.71. The van der Waals surface area contributed by atoms with Crippen molar-refractivity contribution in [1.29, 1.82) is 0 Å². The van der Waals surface area contributed by atoms with E-state index in [2.05, 4.69) is 15.6 Å². The summed E-state index contributed by atoms with van der Waals surface area (Å²) in [5.74, 6) is 0.804. The highest BCUT2D eigenvalue weighted by Gasteiger charge is 2.06. The van der Waals surface area contributed by atoms with Gasteiger partial charge in [0.15, 0.2) is 5.11 Å². The predicted molar refractivity (Wildman–Crippen MR) is 81.5 cm³/mol. The van der Waals surface area contributed by atoms with E-state index >= 15 is 0 Å². The number of H-pyrrole nitrogens is 1. The quantitative estimate of drug-likeness (QED) is 0.749. The Balaban J connectivity index is 1.89. The first-order valence-corrected chi connectivity index (χ1v) is 6.70. The van der Waals surface area contributed by atoms with E-state index in [0.717, 1.165) is 17.0 Å². The van der Waals surface area contributed by atoms with Crippen LogP contribution < -0.4 is 16.2 Å². The maximum absolute atomic E-state index is 11.8. The summed E-state index contributed by atoms with van der Waals surface area (Å²) in [7, 11) is 0. The van der Waals surface area contributed by atoms with Gasteiger partial charge in [0.25, 0.3) is 5.56 Å². The van der Waals surface area contributed by atoms with Crippen LogP contribution in [-0.2, 0) is 13.1 Å². The van der Waals surface area contributed by atoms with Gasteiger partial charge in [-0.2, -0.15) is 0 Å². The minimum Gasteiger partial charge on any atom is -0.467 e. The Morgan fingerprint density at radius 3 is 2.75 bits per heavy atom. The molecule has 0 aromatic carbocycles. The van der Waals surface area contributed by atoms with Gasteiger partial charge in [0.05, 0.1) is 12.8 Å². The molecule has 2 heterocycles. The summed E-state index contributed by atoms with van der Waals surface area (Å²) in [6.07, 6.45) is 1.61. The molecule has 2 aromatic rings. The number of aryl methyl sites for hydroxylation is 2. The predicted octanol–water partition coefficient (Wildman–Crippen LogP) is 1.75. The normalized spacial score (nSPS) is 10.3. The zero-order valence-electron chi connectivity index (χ0n) is 11.4. The van der Waals surface area contributed by atoms with Crippen molar-refractivity contribution in [3.8, 4) is 0 Å². The molecule has 0 spiro atoms. The maximum atomic E-state index is 11.8. The van der Waals surface area contributed by atoms with E-state index < -0.39 is 0 Å². The molecule has 0 unspecified atom stereocenters. The average Bonchev–Trinajstić information content (AvgIpc) is 2.88. The number of thiocarbonyl (C=S) groups is 1. The van der Waals surface area contributed by atoms with Gasteiger partial charge in [0, 0.05) is 17.8 Å². The molecule has 0 fully saturated rings. The fourth-order valence-electron chi connectivity index (χ4n) is 1.91. The SMILES string of the molecule is Cc1cc(C)c(CNC(=S)NCc2ccco2)c(=O)[nH]1. The van der Waals surface area contributed by atoms with E-state index in [-0.39, 0.29) is 5.56 Å². The lowest BCUT2D eigenvalue weighted by molar-refractivity contribution is 0.502. The molecule has 0 aliphatic heterocycles. The third-order valence-electron chi connectivity index (χ3n) is 2.92. The summed E-state index contributed by atoms with van der Waals surface area (Å²) in [4.78, 5) is 14.6. The summed E-state index contributed by atoms with van der Waals surface area (Å²) < 4.78 is 5.19. The molecule has 0 aliphatic carbocycles. The number of hydrogen-bond donors (Lipinski definition) is 3. The lowest BCUT2D eigenvalue weighted by Crippen LogP contribution is -2.36. The Bertz CT molecular complexity index is 647. The lowest BCUT2D eigenvalue weighted by Gasteiger charge is -2.11. The van der Waals surface area contributed by atoms with Crippen molar-refractivity contribution >= 4 is 17.3 Å². The van der Waals surface area contributed by atoms with Crippen molar-refractivity contribution in [3.63, 3.8) is 0 Å². The van der Waals surface area contributed by atoms with Crippen LogP contribution in [0.2, 0.25) is 0 Å². The highest BCUT2D eigenvalue weighted by molar-refractivity contribution is 7.80. The van der Waals surface area contributed by atoms with Gasteiger partial charge < -0.3 is 20.0 Å². The monoisotopic (exact) mass is 291 g/mol. The van der Waals surface area contributed by atoms with Crippen LogP contribution in [0.1, 0.15) is 22.6 Å². The number of hydrogen-bond acceptors (Lipinski definition) is 3. The smallest absolute Gasteiger partial charge is 0.253 e. The topological polar surface area (TPSA) is 70.1 Å². The molecule has 2 aromatic heterocycles. The van der Waals surface area contributed by atoms with Crippen LogP contribution in [0.3, 0.4) is 0 Å².